The van der Waals surface area contributed by atoms with Gasteiger partial charge in [0.2, 0.25) is 0 Å². The molecule has 3 nitrogen and oxygen atoms in total. The van der Waals surface area contributed by atoms with Crippen LogP contribution < -0.4 is 0 Å². The Bertz CT molecular complexity index is 554. The molecule has 0 atom stereocenters. The second-order valence-electron chi connectivity index (χ2n) is 3.92. The molecule has 0 unspecified atom stereocenters. The molecular formula is C13H11BrFNO2. The molecule has 0 saturated heterocycles. The molecule has 0 aliphatic heterocycles. The van der Waals surface area contributed by atoms with E-state index in [0.717, 1.165) is 5.56 Å². The number of hydrogen-bond donors (Lipinski definition) is 0. The van der Waals surface area contributed by atoms with Gasteiger partial charge in [0.15, 0.2) is 0 Å². The fraction of sp³-hybridized carbons (Fsp3) is 0.154. The molecule has 2 aromatic rings. The minimum absolute atomic E-state index is 0.0513. The van der Waals surface area contributed by atoms with Crippen molar-refractivity contribution in [1.29, 1.82) is 0 Å². The van der Waals surface area contributed by atoms with Gasteiger partial charge in [-0.3, -0.25) is 4.79 Å². The van der Waals surface area contributed by atoms with Gasteiger partial charge < -0.3 is 9.32 Å². The summed E-state index contributed by atoms with van der Waals surface area (Å²) in [4.78, 5) is 13.5. The molecule has 0 aliphatic carbocycles. The van der Waals surface area contributed by atoms with Crippen molar-refractivity contribution in [3.8, 4) is 0 Å². The van der Waals surface area contributed by atoms with Crippen molar-refractivity contribution >= 4 is 21.8 Å². The van der Waals surface area contributed by atoms with Gasteiger partial charge in [0.05, 0.1) is 18.1 Å². The van der Waals surface area contributed by atoms with E-state index in [1.165, 1.54) is 23.3 Å². The average Bonchev–Trinajstić information content (AvgIpc) is 2.84. The summed E-state index contributed by atoms with van der Waals surface area (Å²) >= 11 is 3.22. The van der Waals surface area contributed by atoms with E-state index in [-0.39, 0.29) is 11.5 Å². The molecule has 0 radical (unpaired) electrons. The van der Waals surface area contributed by atoms with E-state index in [4.69, 9.17) is 4.42 Å². The van der Waals surface area contributed by atoms with Crippen molar-refractivity contribution in [2.24, 2.45) is 0 Å². The zero-order valence-electron chi connectivity index (χ0n) is 9.69. The molecular weight excluding hydrogens is 301 g/mol. The van der Waals surface area contributed by atoms with E-state index in [9.17, 15) is 9.18 Å². The second-order valence-corrected chi connectivity index (χ2v) is 4.83. The second kappa shape index (κ2) is 5.35. The topological polar surface area (TPSA) is 33.5 Å². The van der Waals surface area contributed by atoms with Crippen LogP contribution in [-0.2, 0) is 6.54 Å². The fourth-order valence-corrected chi connectivity index (χ4v) is 1.96. The van der Waals surface area contributed by atoms with Gasteiger partial charge in [-0.05, 0) is 24.3 Å². The monoisotopic (exact) mass is 311 g/mol. The van der Waals surface area contributed by atoms with Crippen LogP contribution in [0.2, 0.25) is 0 Å². The molecule has 0 aliphatic rings. The van der Waals surface area contributed by atoms with Crippen LogP contribution in [0, 0.1) is 5.82 Å². The number of nitrogens with zero attached hydrogens (tertiary/aromatic N) is 1. The first kappa shape index (κ1) is 12.8. The van der Waals surface area contributed by atoms with Crippen LogP contribution in [0.5, 0.6) is 0 Å². The van der Waals surface area contributed by atoms with Gasteiger partial charge in [-0.25, -0.2) is 4.39 Å². The van der Waals surface area contributed by atoms with Gasteiger partial charge in [-0.1, -0.05) is 15.9 Å². The Labute approximate surface area is 112 Å². The summed E-state index contributed by atoms with van der Waals surface area (Å²) in [6.07, 6.45) is 3.09. The van der Waals surface area contributed by atoms with E-state index in [1.54, 1.807) is 25.4 Å². The standard InChI is InChI=1S/C13H11BrFNO2/c1-16(7-9-4-5-18-8-9)13(17)11-6-10(14)2-3-12(11)15/h2-6,8H,7H2,1H3. The number of halogens is 2. The number of benzene rings is 1. The number of amides is 1. The van der Waals surface area contributed by atoms with Gasteiger partial charge in [0.1, 0.15) is 5.82 Å². The number of carbonyl (C=O) groups excluding carboxylic acids is 1. The summed E-state index contributed by atoms with van der Waals surface area (Å²) < 4.78 is 19.2. The van der Waals surface area contributed by atoms with Gasteiger partial charge in [-0.15, -0.1) is 0 Å². The molecule has 5 heteroatoms. The number of furan rings is 1. The predicted octanol–water partition coefficient (Wildman–Crippen LogP) is 3.45. The molecule has 1 aromatic heterocycles. The van der Waals surface area contributed by atoms with E-state index in [1.807, 2.05) is 0 Å². The summed E-state index contributed by atoms with van der Waals surface area (Å²) in [5, 5.41) is 0. The van der Waals surface area contributed by atoms with Gasteiger partial charge in [-0.2, -0.15) is 0 Å². The molecule has 18 heavy (non-hydrogen) atoms. The third-order valence-electron chi connectivity index (χ3n) is 2.51. The van der Waals surface area contributed by atoms with E-state index >= 15 is 0 Å². The van der Waals surface area contributed by atoms with Crippen molar-refractivity contribution in [2.75, 3.05) is 7.05 Å². The third kappa shape index (κ3) is 2.79. The highest BCUT2D eigenvalue weighted by Crippen LogP contribution is 2.17. The SMILES string of the molecule is CN(Cc1ccoc1)C(=O)c1cc(Br)ccc1F. The lowest BCUT2D eigenvalue weighted by atomic mass is 10.2. The van der Waals surface area contributed by atoms with Crippen LogP contribution in [0.25, 0.3) is 0 Å². The van der Waals surface area contributed by atoms with Crippen molar-refractivity contribution in [3.05, 3.63) is 58.2 Å². The fourth-order valence-electron chi connectivity index (χ4n) is 1.60. The maximum atomic E-state index is 13.6. The van der Waals surface area contributed by atoms with Crippen molar-refractivity contribution < 1.29 is 13.6 Å². The van der Waals surface area contributed by atoms with Crippen LogP contribution >= 0.6 is 15.9 Å². The van der Waals surface area contributed by atoms with Crippen LogP contribution in [-0.4, -0.2) is 17.9 Å². The molecule has 0 saturated carbocycles. The molecule has 1 aromatic carbocycles. The highest BCUT2D eigenvalue weighted by molar-refractivity contribution is 9.10. The summed E-state index contributed by atoms with van der Waals surface area (Å²) in [5.41, 5.74) is 0.914. The Balaban J connectivity index is 2.17. The predicted molar refractivity (Wildman–Crippen MR) is 68.6 cm³/mol. The van der Waals surface area contributed by atoms with E-state index in [2.05, 4.69) is 15.9 Å². The zero-order valence-corrected chi connectivity index (χ0v) is 11.3. The minimum Gasteiger partial charge on any atom is -0.472 e. The van der Waals surface area contributed by atoms with Gasteiger partial charge in [0.25, 0.3) is 5.91 Å². The summed E-state index contributed by atoms with van der Waals surface area (Å²) in [5.74, 6) is -0.891. The normalized spacial score (nSPS) is 10.4. The molecule has 94 valence electrons. The molecule has 0 fully saturated rings. The van der Waals surface area contributed by atoms with Gasteiger partial charge >= 0.3 is 0 Å². The Morgan fingerprint density at radius 3 is 2.89 bits per heavy atom. The van der Waals surface area contributed by atoms with E-state index in [0.29, 0.717) is 11.0 Å². The van der Waals surface area contributed by atoms with E-state index < -0.39 is 5.82 Å². The quantitative estimate of drug-likeness (QED) is 0.870. The summed E-state index contributed by atoms with van der Waals surface area (Å²) in [6.45, 7) is 0.376. The van der Waals surface area contributed by atoms with Crippen LogP contribution in [0.1, 0.15) is 15.9 Å². The first-order chi connectivity index (χ1) is 8.58. The molecule has 0 spiro atoms. The summed E-state index contributed by atoms with van der Waals surface area (Å²) in [6, 6.07) is 6.07. The number of hydrogen-bond acceptors (Lipinski definition) is 2. The smallest absolute Gasteiger partial charge is 0.256 e. The first-order valence-corrected chi connectivity index (χ1v) is 6.09. The van der Waals surface area contributed by atoms with Crippen LogP contribution in [0.4, 0.5) is 4.39 Å². The summed E-state index contributed by atoms with van der Waals surface area (Å²) in [7, 11) is 1.62. The number of carbonyl (C=O) groups is 1. The van der Waals surface area contributed by atoms with Crippen molar-refractivity contribution in [1.82, 2.24) is 4.90 Å². The van der Waals surface area contributed by atoms with Crippen LogP contribution in [0.15, 0.2) is 45.7 Å². The molecule has 0 N–H and O–H groups in total. The minimum atomic E-state index is -0.526. The zero-order chi connectivity index (χ0) is 13.1. The highest BCUT2D eigenvalue weighted by Gasteiger charge is 2.17. The number of rotatable bonds is 3. The Morgan fingerprint density at radius 1 is 1.44 bits per heavy atom. The largest absolute Gasteiger partial charge is 0.472 e. The Kier molecular flexibility index (Phi) is 3.81. The van der Waals surface area contributed by atoms with Crippen molar-refractivity contribution in [2.45, 2.75) is 6.54 Å². The maximum Gasteiger partial charge on any atom is 0.256 e. The molecule has 2 rings (SSSR count). The van der Waals surface area contributed by atoms with Crippen molar-refractivity contribution in [3.63, 3.8) is 0 Å². The molecule has 0 bridgehead atoms. The van der Waals surface area contributed by atoms with Gasteiger partial charge in [0, 0.05) is 23.6 Å². The molecule has 1 heterocycles. The lowest BCUT2D eigenvalue weighted by Crippen LogP contribution is -2.26. The third-order valence-corrected chi connectivity index (χ3v) is 3.00. The molecule has 1 amide bonds. The average molecular weight is 312 g/mol. The first-order valence-electron chi connectivity index (χ1n) is 5.29. The highest BCUT2D eigenvalue weighted by atomic mass is 79.9. The maximum absolute atomic E-state index is 13.6. The lowest BCUT2D eigenvalue weighted by Gasteiger charge is -2.16. The van der Waals surface area contributed by atoms with Crippen LogP contribution in [0.3, 0.4) is 0 Å². The Morgan fingerprint density at radius 2 is 2.22 bits per heavy atom. The Hall–Kier alpha value is -1.62. The lowest BCUT2D eigenvalue weighted by molar-refractivity contribution is 0.0780.